The van der Waals surface area contributed by atoms with E-state index < -0.39 is 0 Å². The molecule has 0 aliphatic rings. The van der Waals surface area contributed by atoms with E-state index in [1.54, 1.807) is 0 Å². The first kappa shape index (κ1) is 15.6. The molecular weight excluding hydrogens is 262 g/mol. The van der Waals surface area contributed by atoms with Crippen molar-refractivity contribution in [3.05, 3.63) is 53.0 Å². The van der Waals surface area contributed by atoms with E-state index in [-0.39, 0.29) is 12.1 Å². The zero-order valence-corrected chi connectivity index (χ0v) is 13.6. The van der Waals surface area contributed by atoms with Crippen LogP contribution in [0.15, 0.2) is 34.7 Å². The number of furan rings is 1. The average Bonchev–Trinajstić information content (AvgIpc) is 2.75. The van der Waals surface area contributed by atoms with E-state index >= 15 is 0 Å². The van der Waals surface area contributed by atoms with Crippen LogP contribution in [-0.2, 0) is 0 Å². The van der Waals surface area contributed by atoms with Gasteiger partial charge in [0.1, 0.15) is 17.3 Å². The molecule has 3 heteroatoms. The summed E-state index contributed by atoms with van der Waals surface area (Å²) in [5, 5.41) is 3.54. The lowest BCUT2D eigenvalue weighted by atomic mass is 9.98. The minimum atomic E-state index is 0.0856. The fourth-order valence-corrected chi connectivity index (χ4v) is 2.61. The minimum absolute atomic E-state index is 0.0856. The fraction of sp³-hybridized carbons (Fsp3) is 0.444. The maximum Gasteiger partial charge on any atom is 0.124 e. The highest BCUT2D eigenvalue weighted by Gasteiger charge is 2.21. The largest absolute Gasteiger partial charge is 0.491 e. The van der Waals surface area contributed by atoms with Crippen molar-refractivity contribution in [3.8, 4) is 5.75 Å². The van der Waals surface area contributed by atoms with Crippen molar-refractivity contribution in [1.82, 2.24) is 5.32 Å². The Morgan fingerprint density at radius 2 is 1.86 bits per heavy atom. The molecule has 1 aromatic carbocycles. The molecule has 3 nitrogen and oxygen atoms in total. The van der Waals surface area contributed by atoms with Gasteiger partial charge in [-0.2, -0.15) is 0 Å². The maximum atomic E-state index is 5.97. The van der Waals surface area contributed by atoms with Gasteiger partial charge in [0, 0.05) is 11.1 Å². The lowest BCUT2D eigenvalue weighted by Crippen LogP contribution is -2.23. The predicted molar refractivity (Wildman–Crippen MR) is 85.9 cm³/mol. The van der Waals surface area contributed by atoms with Gasteiger partial charge in [-0.3, -0.25) is 0 Å². The Bertz CT molecular complexity index is 587. The van der Waals surface area contributed by atoms with Gasteiger partial charge in [0.05, 0.1) is 12.1 Å². The molecule has 2 aromatic rings. The number of ether oxygens (including phenoxy) is 1. The van der Waals surface area contributed by atoms with Gasteiger partial charge in [0.25, 0.3) is 0 Å². The van der Waals surface area contributed by atoms with Crippen LogP contribution in [0.25, 0.3) is 0 Å². The first-order valence-electron chi connectivity index (χ1n) is 7.58. The van der Waals surface area contributed by atoms with E-state index in [2.05, 4.69) is 30.4 Å². The summed E-state index contributed by atoms with van der Waals surface area (Å²) < 4.78 is 11.7. The highest BCUT2D eigenvalue weighted by atomic mass is 16.5. The summed E-state index contributed by atoms with van der Waals surface area (Å²) in [6.45, 7) is 11.1. The molecule has 0 amide bonds. The number of benzene rings is 1. The van der Waals surface area contributed by atoms with Crippen LogP contribution < -0.4 is 10.1 Å². The van der Waals surface area contributed by atoms with Crippen molar-refractivity contribution in [2.24, 2.45) is 0 Å². The third kappa shape index (κ3) is 3.67. The molecule has 1 unspecified atom stereocenters. The van der Waals surface area contributed by atoms with Crippen molar-refractivity contribution >= 4 is 0 Å². The standard InChI is InChI=1S/C18H25NO2/c1-6-19-18(16-11-13(4)21-14(16)5)15-9-7-8-10-17(15)20-12(2)3/h7-12,18-19H,6H2,1-5H3. The Morgan fingerprint density at radius 1 is 1.14 bits per heavy atom. The van der Waals surface area contributed by atoms with Crippen molar-refractivity contribution < 1.29 is 9.15 Å². The van der Waals surface area contributed by atoms with Crippen LogP contribution in [0, 0.1) is 13.8 Å². The second-order valence-corrected chi connectivity index (χ2v) is 5.56. The Hall–Kier alpha value is -1.74. The Labute approximate surface area is 127 Å². The van der Waals surface area contributed by atoms with E-state index in [1.807, 2.05) is 39.8 Å². The predicted octanol–water partition coefficient (Wildman–Crippen LogP) is 4.38. The summed E-state index contributed by atoms with van der Waals surface area (Å²) in [4.78, 5) is 0. The number of hydrogen-bond acceptors (Lipinski definition) is 3. The SMILES string of the molecule is CCNC(c1ccccc1OC(C)C)c1cc(C)oc1C. The van der Waals surface area contributed by atoms with Crippen LogP contribution in [0.4, 0.5) is 0 Å². The quantitative estimate of drug-likeness (QED) is 0.856. The molecule has 2 rings (SSSR count). The molecule has 0 bridgehead atoms. The van der Waals surface area contributed by atoms with Gasteiger partial charge in [-0.25, -0.2) is 0 Å². The van der Waals surface area contributed by atoms with Crippen molar-refractivity contribution in [2.45, 2.75) is 46.8 Å². The van der Waals surface area contributed by atoms with Crippen molar-refractivity contribution in [3.63, 3.8) is 0 Å². The van der Waals surface area contributed by atoms with E-state index in [9.17, 15) is 0 Å². The number of rotatable bonds is 6. The molecule has 1 heterocycles. The third-order valence-electron chi connectivity index (χ3n) is 3.39. The lowest BCUT2D eigenvalue weighted by molar-refractivity contribution is 0.238. The van der Waals surface area contributed by atoms with Gasteiger partial charge < -0.3 is 14.5 Å². The average molecular weight is 287 g/mol. The molecule has 0 spiro atoms. The summed E-state index contributed by atoms with van der Waals surface area (Å²) in [7, 11) is 0. The third-order valence-corrected chi connectivity index (χ3v) is 3.39. The van der Waals surface area contributed by atoms with Gasteiger partial charge in [-0.1, -0.05) is 25.1 Å². The van der Waals surface area contributed by atoms with Crippen LogP contribution in [0.5, 0.6) is 5.75 Å². The molecule has 114 valence electrons. The van der Waals surface area contributed by atoms with Crippen LogP contribution in [0.2, 0.25) is 0 Å². The summed E-state index contributed by atoms with van der Waals surface area (Å²) in [6, 6.07) is 10.4. The summed E-state index contributed by atoms with van der Waals surface area (Å²) in [5.74, 6) is 2.82. The fourth-order valence-electron chi connectivity index (χ4n) is 2.61. The first-order chi connectivity index (χ1) is 10.0. The molecule has 1 aromatic heterocycles. The Balaban J connectivity index is 2.45. The zero-order valence-electron chi connectivity index (χ0n) is 13.6. The second-order valence-electron chi connectivity index (χ2n) is 5.56. The van der Waals surface area contributed by atoms with Gasteiger partial charge >= 0.3 is 0 Å². The maximum absolute atomic E-state index is 5.97. The van der Waals surface area contributed by atoms with Gasteiger partial charge in [-0.05, 0) is 46.4 Å². The first-order valence-corrected chi connectivity index (χ1v) is 7.58. The number of para-hydroxylation sites is 1. The van der Waals surface area contributed by atoms with Crippen LogP contribution >= 0.6 is 0 Å². The van der Waals surface area contributed by atoms with Gasteiger partial charge in [0.15, 0.2) is 0 Å². The molecule has 1 N–H and O–H groups in total. The normalized spacial score (nSPS) is 12.7. The van der Waals surface area contributed by atoms with Gasteiger partial charge in [0.2, 0.25) is 0 Å². The lowest BCUT2D eigenvalue weighted by Gasteiger charge is -2.22. The van der Waals surface area contributed by atoms with Crippen LogP contribution in [0.1, 0.15) is 49.5 Å². The minimum Gasteiger partial charge on any atom is -0.491 e. The van der Waals surface area contributed by atoms with E-state index in [1.165, 1.54) is 5.56 Å². The van der Waals surface area contributed by atoms with Gasteiger partial charge in [-0.15, -0.1) is 0 Å². The Morgan fingerprint density at radius 3 is 2.43 bits per heavy atom. The monoisotopic (exact) mass is 287 g/mol. The molecular formula is C18H25NO2. The molecule has 0 saturated carbocycles. The number of aryl methyl sites for hydroxylation is 2. The Kier molecular flexibility index (Phi) is 5.07. The summed E-state index contributed by atoms with van der Waals surface area (Å²) >= 11 is 0. The van der Waals surface area contributed by atoms with E-state index in [4.69, 9.17) is 9.15 Å². The van der Waals surface area contributed by atoms with Crippen molar-refractivity contribution in [1.29, 1.82) is 0 Å². The zero-order chi connectivity index (χ0) is 15.4. The molecule has 0 aliphatic carbocycles. The van der Waals surface area contributed by atoms with E-state index in [0.717, 1.165) is 29.4 Å². The number of nitrogens with one attached hydrogen (secondary N) is 1. The molecule has 0 fully saturated rings. The smallest absolute Gasteiger partial charge is 0.124 e. The molecule has 0 aliphatic heterocycles. The molecule has 1 atom stereocenters. The topological polar surface area (TPSA) is 34.4 Å². The highest BCUT2D eigenvalue weighted by molar-refractivity contribution is 5.43. The molecule has 0 saturated heterocycles. The van der Waals surface area contributed by atoms with Crippen LogP contribution in [-0.4, -0.2) is 12.6 Å². The highest BCUT2D eigenvalue weighted by Crippen LogP contribution is 2.33. The second kappa shape index (κ2) is 6.81. The van der Waals surface area contributed by atoms with Crippen molar-refractivity contribution in [2.75, 3.05) is 6.54 Å². The molecule has 0 radical (unpaired) electrons. The summed E-state index contributed by atoms with van der Waals surface area (Å²) in [6.07, 6.45) is 0.153. The van der Waals surface area contributed by atoms with Crippen LogP contribution in [0.3, 0.4) is 0 Å². The summed E-state index contributed by atoms with van der Waals surface area (Å²) in [5.41, 5.74) is 2.33. The van der Waals surface area contributed by atoms with E-state index in [0.29, 0.717) is 0 Å². The molecule has 21 heavy (non-hydrogen) atoms. The number of hydrogen-bond donors (Lipinski definition) is 1.